The summed E-state index contributed by atoms with van der Waals surface area (Å²) in [4.78, 5) is 18.1. The summed E-state index contributed by atoms with van der Waals surface area (Å²) >= 11 is 5.70. The molecule has 2 rings (SSSR count). The number of hydrogen-bond donors (Lipinski definition) is 0. The number of aryl methyl sites for hydroxylation is 1. The van der Waals surface area contributed by atoms with Crippen molar-refractivity contribution >= 4 is 17.5 Å². The Morgan fingerprint density at radius 3 is 3.18 bits per heavy atom. The second kappa shape index (κ2) is 5.54. The minimum Gasteiger partial charge on any atom is -0.438 e. The molecule has 1 aromatic rings. The zero-order valence-corrected chi connectivity index (χ0v) is 10.7. The Balaban J connectivity index is 2.06. The summed E-state index contributed by atoms with van der Waals surface area (Å²) in [5.41, 5.74) is 0.665. The fourth-order valence-electron chi connectivity index (χ4n) is 2.35. The Bertz CT molecular complexity index is 392. The van der Waals surface area contributed by atoms with Gasteiger partial charge in [0.2, 0.25) is 5.76 Å². The van der Waals surface area contributed by atoms with Gasteiger partial charge in [-0.05, 0) is 32.6 Å². The molecule has 0 radical (unpaired) electrons. The Hall–Kier alpha value is -1.03. The van der Waals surface area contributed by atoms with Crippen LogP contribution in [0.4, 0.5) is 0 Å². The van der Waals surface area contributed by atoms with Gasteiger partial charge in [0.15, 0.2) is 6.39 Å². The van der Waals surface area contributed by atoms with E-state index in [2.05, 4.69) is 4.98 Å². The van der Waals surface area contributed by atoms with Crippen molar-refractivity contribution in [1.29, 1.82) is 0 Å². The van der Waals surface area contributed by atoms with Gasteiger partial charge >= 0.3 is 0 Å². The van der Waals surface area contributed by atoms with Gasteiger partial charge in [-0.3, -0.25) is 4.79 Å². The number of amides is 1. The van der Waals surface area contributed by atoms with E-state index in [0.29, 0.717) is 23.4 Å². The summed E-state index contributed by atoms with van der Waals surface area (Å²) in [5, 5.41) is 0. The van der Waals surface area contributed by atoms with Crippen LogP contribution in [0.5, 0.6) is 0 Å². The Morgan fingerprint density at radius 1 is 1.71 bits per heavy atom. The molecule has 17 heavy (non-hydrogen) atoms. The number of rotatable bonds is 4. The highest BCUT2D eigenvalue weighted by molar-refractivity contribution is 6.17. The van der Waals surface area contributed by atoms with Gasteiger partial charge in [-0.15, -0.1) is 11.6 Å². The first-order valence-corrected chi connectivity index (χ1v) is 6.54. The Kier molecular flexibility index (Phi) is 4.05. The van der Waals surface area contributed by atoms with E-state index in [4.69, 9.17) is 16.0 Å². The van der Waals surface area contributed by atoms with E-state index in [-0.39, 0.29) is 5.91 Å². The Labute approximate surface area is 106 Å². The summed E-state index contributed by atoms with van der Waals surface area (Å²) in [7, 11) is 0. The van der Waals surface area contributed by atoms with Crippen LogP contribution >= 0.6 is 11.6 Å². The molecule has 0 spiro atoms. The Morgan fingerprint density at radius 2 is 2.53 bits per heavy atom. The molecule has 1 fully saturated rings. The van der Waals surface area contributed by atoms with E-state index in [1.54, 1.807) is 6.92 Å². The van der Waals surface area contributed by atoms with Crippen LogP contribution in [-0.4, -0.2) is 34.3 Å². The lowest BCUT2D eigenvalue weighted by Crippen LogP contribution is -2.35. The highest BCUT2D eigenvalue weighted by atomic mass is 35.5. The first kappa shape index (κ1) is 12.4. The first-order valence-electron chi connectivity index (χ1n) is 6.01. The van der Waals surface area contributed by atoms with Crippen LogP contribution in [-0.2, 0) is 0 Å². The molecule has 1 saturated heterocycles. The van der Waals surface area contributed by atoms with Gasteiger partial charge in [-0.25, -0.2) is 4.98 Å². The van der Waals surface area contributed by atoms with E-state index in [0.717, 1.165) is 32.2 Å². The van der Waals surface area contributed by atoms with Crippen molar-refractivity contribution in [2.24, 2.45) is 0 Å². The lowest BCUT2D eigenvalue weighted by atomic mass is 10.1. The van der Waals surface area contributed by atoms with Crippen LogP contribution in [0.25, 0.3) is 0 Å². The highest BCUT2D eigenvalue weighted by Crippen LogP contribution is 2.24. The summed E-state index contributed by atoms with van der Waals surface area (Å²) in [6, 6.07) is 0.311. The second-order valence-electron chi connectivity index (χ2n) is 4.39. The van der Waals surface area contributed by atoms with Crippen molar-refractivity contribution < 1.29 is 9.21 Å². The maximum Gasteiger partial charge on any atom is 0.291 e. The van der Waals surface area contributed by atoms with Crippen LogP contribution in [0.1, 0.15) is 41.9 Å². The molecule has 1 unspecified atom stereocenters. The maximum atomic E-state index is 12.3. The summed E-state index contributed by atoms with van der Waals surface area (Å²) in [5.74, 6) is 1.000. The number of aromatic nitrogens is 1. The predicted molar refractivity (Wildman–Crippen MR) is 65.3 cm³/mol. The van der Waals surface area contributed by atoms with Crippen molar-refractivity contribution in [2.75, 3.05) is 12.4 Å². The molecular weight excluding hydrogens is 240 g/mol. The molecule has 0 aromatic carbocycles. The predicted octanol–water partition coefficient (Wildman–Crippen LogP) is 2.61. The topological polar surface area (TPSA) is 46.3 Å². The number of alkyl halides is 1. The van der Waals surface area contributed by atoms with E-state index in [1.165, 1.54) is 6.39 Å². The molecule has 1 amide bonds. The molecule has 1 aliphatic heterocycles. The summed E-state index contributed by atoms with van der Waals surface area (Å²) in [6.45, 7) is 2.60. The molecule has 1 atom stereocenters. The number of likely N-dealkylation sites (tertiary alicyclic amines) is 1. The van der Waals surface area contributed by atoms with E-state index >= 15 is 0 Å². The fourth-order valence-corrected chi connectivity index (χ4v) is 2.51. The minimum atomic E-state index is -0.0305. The third-order valence-electron chi connectivity index (χ3n) is 3.25. The number of oxazole rings is 1. The first-order chi connectivity index (χ1) is 8.24. The van der Waals surface area contributed by atoms with Crippen LogP contribution < -0.4 is 0 Å². The molecule has 2 heterocycles. The van der Waals surface area contributed by atoms with Gasteiger partial charge < -0.3 is 9.32 Å². The number of hydrogen-bond acceptors (Lipinski definition) is 3. The molecule has 0 bridgehead atoms. The smallest absolute Gasteiger partial charge is 0.291 e. The van der Waals surface area contributed by atoms with Crippen molar-refractivity contribution in [3.05, 3.63) is 17.8 Å². The molecule has 94 valence electrons. The van der Waals surface area contributed by atoms with E-state index < -0.39 is 0 Å². The minimum absolute atomic E-state index is 0.0305. The largest absolute Gasteiger partial charge is 0.438 e. The van der Waals surface area contributed by atoms with Gasteiger partial charge in [0.25, 0.3) is 5.91 Å². The third kappa shape index (κ3) is 2.63. The van der Waals surface area contributed by atoms with Crippen LogP contribution in [0.15, 0.2) is 10.8 Å². The lowest BCUT2D eigenvalue weighted by Gasteiger charge is -2.23. The van der Waals surface area contributed by atoms with Crippen LogP contribution in [0.2, 0.25) is 0 Å². The molecule has 1 aliphatic rings. The van der Waals surface area contributed by atoms with E-state index in [1.807, 2.05) is 4.90 Å². The standard InChI is InChI=1S/C12H17ClN2O2/c1-9-11(17-8-14-9)12(16)15-7-3-5-10(15)4-2-6-13/h8,10H,2-7H2,1H3. The molecule has 0 N–H and O–H groups in total. The van der Waals surface area contributed by atoms with E-state index in [9.17, 15) is 4.79 Å². The normalized spacial score (nSPS) is 19.9. The molecule has 5 heteroatoms. The molecule has 4 nitrogen and oxygen atoms in total. The van der Waals surface area contributed by atoms with Gasteiger partial charge in [-0.2, -0.15) is 0 Å². The van der Waals surface area contributed by atoms with Crippen molar-refractivity contribution in [3.63, 3.8) is 0 Å². The SMILES string of the molecule is Cc1ncoc1C(=O)N1CCCC1CCCCl. The monoisotopic (exact) mass is 256 g/mol. The molecular formula is C12H17ClN2O2. The lowest BCUT2D eigenvalue weighted by molar-refractivity contribution is 0.0697. The molecule has 0 saturated carbocycles. The summed E-state index contributed by atoms with van der Waals surface area (Å²) < 4.78 is 5.16. The average molecular weight is 257 g/mol. The zero-order chi connectivity index (χ0) is 12.3. The highest BCUT2D eigenvalue weighted by Gasteiger charge is 2.31. The number of halogens is 1. The van der Waals surface area contributed by atoms with Gasteiger partial charge in [-0.1, -0.05) is 0 Å². The average Bonchev–Trinajstić information content (AvgIpc) is 2.94. The second-order valence-corrected chi connectivity index (χ2v) is 4.77. The van der Waals surface area contributed by atoms with Crippen molar-refractivity contribution in [1.82, 2.24) is 9.88 Å². The van der Waals surface area contributed by atoms with Crippen molar-refractivity contribution in [3.8, 4) is 0 Å². The van der Waals surface area contributed by atoms with Gasteiger partial charge in [0, 0.05) is 18.5 Å². The van der Waals surface area contributed by atoms with Crippen LogP contribution in [0.3, 0.4) is 0 Å². The molecule has 0 aliphatic carbocycles. The fraction of sp³-hybridized carbons (Fsp3) is 0.667. The number of carbonyl (C=O) groups excluding carboxylic acids is 1. The number of nitrogens with zero attached hydrogens (tertiary/aromatic N) is 2. The van der Waals surface area contributed by atoms with Crippen molar-refractivity contribution in [2.45, 2.75) is 38.6 Å². The van der Waals surface area contributed by atoms with Crippen LogP contribution in [0, 0.1) is 6.92 Å². The third-order valence-corrected chi connectivity index (χ3v) is 3.52. The van der Waals surface area contributed by atoms with Gasteiger partial charge in [0.1, 0.15) is 0 Å². The number of carbonyl (C=O) groups is 1. The zero-order valence-electron chi connectivity index (χ0n) is 9.99. The quantitative estimate of drug-likeness (QED) is 0.778. The maximum absolute atomic E-state index is 12.3. The molecule has 1 aromatic heterocycles. The summed E-state index contributed by atoms with van der Waals surface area (Å²) in [6.07, 6.45) is 5.38. The van der Waals surface area contributed by atoms with Gasteiger partial charge in [0.05, 0.1) is 5.69 Å².